The molecule has 5 heteroatoms. The molecule has 2 aromatic carbocycles. The lowest BCUT2D eigenvalue weighted by Gasteiger charge is -2.10. The summed E-state index contributed by atoms with van der Waals surface area (Å²) < 4.78 is 27.6. The second-order valence-electron chi connectivity index (χ2n) is 5.38. The number of hydrogen-bond acceptors (Lipinski definition) is 4. The van der Waals surface area contributed by atoms with Crippen molar-refractivity contribution in [1.82, 2.24) is 0 Å². The Morgan fingerprint density at radius 1 is 1.14 bits per heavy atom. The molecule has 2 aromatic rings. The van der Waals surface area contributed by atoms with Gasteiger partial charge in [0.2, 0.25) is 0 Å². The summed E-state index contributed by atoms with van der Waals surface area (Å²) in [6, 6.07) is 14.3. The van der Waals surface area contributed by atoms with Crippen molar-refractivity contribution < 1.29 is 17.9 Å². The lowest BCUT2D eigenvalue weighted by atomic mass is 10.0. The van der Waals surface area contributed by atoms with Crippen molar-refractivity contribution in [2.75, 3.05) is 12.9 Å². The Balaban J connectivity index is 1.90. The minimum atomic E-state index is -3.39. The van der Waals surface area contributed by atoms with Crippen molar-refractivity contribution in [1.29, 1.82) is 0 Å². The van der Waals surface area contributed by atoms with Crippen LogP contribution in [0.15, 0.2) is 42.5 Å². The van der Waals surface area contributed by atoms with Gasteiger partial charge in [-0.3, -0.25) is 4.79 Å². The van der Waals surface area contributed by atoms with Crippen LogP contribution in [0.2, 0.25) is 0 Å². The fourth-order valence-electron chi connectivity index (χ4n) is 2.24. The molecule has 0 amide bonds. The maximum Gasteiger partial charge on any atom is 0.324 e. The van der Waals surface area contributed by atoms with Gasteiger partial charge in [0, 0.05) is 6.26 Å². The van der Waals surface area contributed by atoms with E-state index in [0.29, 0.717) is 6.42 Å². The lowest BCUT2D eigenvalue weighted by Crippen LogP contribution is -2.28. The van der Waals surface area contributed by atoms with Crippen molar-refractivity contribution in [2.24, 2.45) is 0 Å². The van der Waals surface area contributed by atoms with E-state index in [4.69, 9.17) is 4.74 Å². The number of aryl methyl sites for hydroxylation is 1. The van der Waals surface area contributed by atoms with Crippen LogP contribution in [0.3, 0.4) is 0 Å². The SMILES string of the molecule is C[C@@H](C(=O)OCCCc1cccc2ccccc12)S(C)(=O)=O. The van der Waals surface area contributed by atoms with Gasteiger partial charge in [-0.25, -0.2) is 8.42 Å². The van der Waals surface area contributed by atoms with E-state index in [2.05, 4.69) is 24.3 Å². The molecule has 0 aliphatic rings. The van der Waals surface area contributed by atoms with Gasteiger partial charge >= 0.3 is 5.97 Å². The van der Waals surface area contributed by atoms with Crippen LogP contribution in [0.25, 0.3) is 10.8 Å². The Hall–Kier alpha value is -1.88. The van der Waals surface area contributed by atoms with Gasteiger partial charge < -0.3 is 4.74 Å². The van der Waals surface area contributed by atoms with Crippen LogP contribution < -0.4 is 0 Å². The first kappa shape index (κ1) is 16.5. The fraction of sp³-hybridized carbons (Fsp3) is 0.353. The van der Waals surface area contributed by atoms with Crippen molar-refractivity contribution >= 4 is 26.6 Å². The Morgan fingerprint density at radius 3 is 2.55 bits per heavy atom. The molecule has 0 aliphatic carbocycles. The van der Waals surface area contributed by atoms with Gasteiger partial charge in [-0.15, -0.1) is 0 Å². The summed E-state index contributed by atoms with van der Waals surface area (Å²) in [4.78, 5) is 11.6. The molecule has 0 heterocycles. The van der Waals surface area contributed by atoms with E-state index in [1.165, 1.54) is 23.3 Å². The number of fused-ring (bicyclic) bond motifs is 1. The zero-order valence-corrected chi connectivity index (χ0v) is 13.6. The van der Waals surface area contributed by atoms with Gasteiger partial charge in [0.05, 0.1) is 6.61 Å². The zero-order valence-electron chi connectivity index (χ0n) is 12.8. The summed E-state index contributed by atoms with van der Waals surface area (Å²) in [7, 11) is -3.39. The minimum absolute atomic E-state index is 0.224. The third-order valence-electron chi connectivity index (χ3n) is 3.69. The maximum atomic E-state index is 11.6. The first-order valence-electron chi connectivity index (χ1n) is 7.22. The molecule has 0 aromatic heterocycles. The van der Waals surface area contributed by atoms with Gasteiger partial charge in [-0.05, 0) is 36.1 Å². The van der Waals surface area contributed by atoms with Gasteiger partial charge in [-0.2, -0.15) is 0 Å². The summed E-state index contributed by atoms with van der Waals surface area (Å²) in [6.45, 7) is 1.57. The highest BCUT2D eigenvalue weighted by atomic mass is 32.2. The molecule has 118 valence electrons. The molecule has 2 rings (SSSR count). The number of rotatable bonds is 6. The van der Waals surface area contributed by atoms with E-state index in [1.807, 2.05) is 18.2 Å². The summed E-state index contributed by atoms with van der Waals surface area (Å²) in [5.41, 5.74) is 1.20. The third-order valence-corrected chi connectivity index (χ3v) is 5.17. The van der Waals surface area contributed by atoms with Crippen molar-refractivity contribution in [3.05, 3.63) is 48.0 Å². The summed E-state index contributed by atoms with van der Waals surface area (Å²) in [6.07, 6.45) is 2.48. The summed E-state index contributed by atoms with van der Waals surface area (Å²) in [5, 5.41) is 1.27. The molecule has 22 heavy (non-hydrogen) atoms. The first-order valence-corrected chi connectivity index (χ1v) is 9.17. The van der Waals surface area contributed by atoms with E-state index >= 15 is 0 Å². The van der Waals surface area contributed by atoms with Crippen LogP contribution in [0.5, 0.6) is 0 Å². The predicted molar refractivity (Wildman–Crippen MR) is 87.5 cm³/mol. The van der Waals surface area contributed by atoms with E-state index in [9.17, 15) is 13.2 Å². The van der Waals surface area contributed by atoms with E-state index < -0.39 is 21.1 Å². The molecule has 0 bridgehead atoms. The molecular formula is C17H20O4S. The number of sulfone groups is 1. The number of carbonyl (C=O) groups is 1. The smallest absolute Gasteiger partial charge is 0.324 e. The molecule has 0 saturated carbocycles. The van der Waals surface area contributed by atoms with Crippen molar-refractivity contribution in [3.63, 3.8) is 0 Å². The number of hydrogen-bond donors (Lipinski definition) is 0. The average molecular weight is 320 g/mol. The molecule has 0 radical (unpaired) electrons. The van der Waals surface area contributed by atoms with Crippen LogP contribution >= 0.6 is 0 Å². The zero-order chi connectivity index (χ0) is 16.2. The molecule has 0 N–H and O–H groups in total. The predicted octanol–water partition coefficient (Wildman–Crippen LogP) is 2.75. The van der Waals surface area contributed by atoms with Crippen LogP contribution in [0, 0.1) is 0 Å². The normalized spacial score (nSPS) is 13.0. The highest BCUT2D eigenvalue weighted by molar-refractivity contribution is 7.92. The highest BCUT2D eigenvalue weighted by Gasteiger charge is 2.24. The molecule has 0 unspecified atom stereocenters. The van der Waals surface area contributed by atoms with E-state index in [-0.39, 0.29) is 6.61 Å². The Kier molecular flexibility index (Phi) is 5.19. The van der Waals surface area contributed by atoms with Crippen LogP contribution in [0.4, 0.5) is 0 Å². The molecule has 1 atom stereocenters. The maximum absolute atomic E-state index is 11.6. The van der Waals surface area contributed by atoms with Crippen LogP contribution in [0.1, 0.15) is 18.9 Å². The molecule has 0 saturated heterocycles. The minimum Gasteiger partial charge on any atom is -0.465 e. The topological polar surface area (TPSA) is 60.4 Å². The molecule has 0 fully saturated rings. The molecule has 4 nitrogen and oxygen atoms in total. The van der Waals surface area contributed by atoms with E-state index in [0.717, 1.165) is 12.7 Å². The van der Waals surface area contributed by atoms with Gasteiger partial charge in [0.25, 0.3) is 0 Å². The molecule has 0 aliphatic heterocycles. The summed E-state index contributed by atoms with van der Waals surface area (Å²) in [5.74, 6) is -0.680. The number of carbonyl (C=O) groups excluding carboxylic acids is 1. The second-order valence-corrected chi connectivity index (χ2v) is 7.75. The molecular weight excluding hydrogens is 300 g/mol. The number of ether oxygens (including phenoxy) is 1. The standard InChI is InChI=1S/C17H20O4S/c1-13(22(2,19)20)17(18)21-12-6-10-15-9-5-8-14-7-3-4-11-16(14)15/h3-5,7-9,11,13H,6,10,12H2,1-2H3/t13-/m0/s1. The van der Waals surface area contributed by atoms with E-state index in [1.54, 1.807) is 0 Å². The van der Waals surface area contributed by atoms with Gasteiger partial charge in [0.15, 0.2) is 15.1 Å². The first-order chi connectivity index (χ1) is 10.4. The lowest BCUT2D eigenvalue weighted by molar-refractivity contribution is -0.142. The Bertz CT molecular complexity index is 760. The fourth-order valence-corrected chi connectivity index (χ4v) is 2.66. The quantitative estimate of drug-likeness (QED) is 0.606. The Morgan fingerprint density at radius 2 is 1.82 bits per heavy atom. The third kappa shape index (κ3) is 4.07. The molecule has 0 spiro atoms. The second kappa shape index (κ2) is 6.92. The largest absolute Gasteiger partial charge is 0.465 e. The number of benzene rings is 2. The van der Waals surface area contributed by atoms with Crippen molar-refractivity contribution in [3.8, 4) is 0 Å². The van der Waals surface area contributed by atoms with Crippen LogP contribution in [-0.4, -0.2) is 32.5 Å². The Labute approximate surface area is 131 Å². The van der Waals surface area contributed by atoms with Crippen LogP contribution in [-0.2, 0) is 25.8 Å². The van der Waals surface area contributed by atoms with Crippen molar-refractivity contribution in [2.45, 2.75) is 25.0 Å². The highest BCUT2D eigenvalue weighted by Crippen LogP contribution is 2.19. The monoisotopic (exact) mass is 320 g/mol. The average Bonchev–Trinajstić information content (AvgIpc) is 2.49. The van der Waals surface area contributed by atoms with Gasteiger partial charge in [0.1, 0.15) is 0 Å². The summed E-state index contributed by atoms with van der Waals surface area (Å²) >= 11 is 0. The number of esters is 1. The van der Waals surface area contributed by atoms with Gasteiger partial charge in [-0.1, -0.05) is 42.5 Å².